The molecule has 2 rings (SSSR count). The van der Waals surface area contributed by atoms with Gasteiger partial charge in [0.2, 0.25) is 0 Å². The van der Waals surface area contributed by atoms with Crippen LogP contribution >= 0.6 is 11.3 Å². The molecule has 1 fully saturated rings. The molecule has 1 N–H and O–H groups in total. The van der Waals surface area contributed by atoms with E-state index in [4.69, 9.17) is 9.72 Å². The number of methoxy groups -OCH3 is 1. The van der Waals surface area contributed by atoms with Crippen LogP contribution in [-0.2, 0) is 11.3 Å². The first kappa shape index (κ1) is 15.7. The van der Waals surface area contributed by atoms with Crippen molar-refractivity contribution >= 4 is 16.5 Å². The molecule has 2 heterocycles. The van der Waals surface area contributed by atoms with Gasteiger partial charge in [0.05, 0.1) is 12.3 Å². The second kappa shape index (κ2) is 8.60. The van der Waals surface area contributed by atoms with E-state index >= 15 is 0 Å². The van der Waals surface area contributed by atoms with Crippen molar-refractivity contribution in [2.75, 3.05) is 31.7 Å². The molecule has 1 unspecified atom stereocenters. The maximum Gasteiger partial charge on any atom is 0.185 e. The highest BCUT2D eigenvalue weighted by molar-refractivity contribution is 7.13. The van der Waals surface area contributed by atoms with Gasteiger partial charge < -0.3 is 15.0 Å². The second-order valence-corrected chi connectivity index (χ2v) is 6.26. The molecule has 0 aliphatic carbocycles. The molecule has 1 atom stereocenters. The van der Waals surface area contributed by atoms with Crippen molar-refractivity contribution in [3.63, 3.8) is 0 Å². The molecule has 1 aromatic rings. The molecule has 5 heteroatoms. The SMILES string of the molecule is CCCC1CCCCN1c1nc(CNCCOC)cs1. The number of anilines is 1. The lowest BCUT2D eigenvalue weighted by Crippen LogP contribution is -2.39. The normalized spacial score (nSPS) is 19.5. The highest BCUT2D eigenvalue weighted by Gasteiger charge is 2.23. The van der Waals surface area contributed by atoms with Gasteiger partial charge in [-0.2, -0.15) is 0 Å². The lowest BCUT2D eigenvalue weighted by Gasteiger charge is -2.35. The first-order chi connectivity index (χ1) is 9.85. The molecule has 0 spiro atoms. The van der Waals surface area contributed by atoms with E-state index in [-0.39, 0.29) is 0 Å². The number of thiazole rings is 1. The highest BCUT2D eigenvalue weighted by atomic mass is 32.1. The van der Waals surface area contributed by atoms with Crippen LogP contribution in [0.1, 0.15) is 44.7 Å². The van der Waals surface area contributed by atoms with Crippen LogP contribution in [0.25, 0.3) is 0 Å². The maximum absolute atomic E-state index is 5.03. The summed E-state index contributed by atoms with van der Waals surface area (Å²) in [5.41, 5.74) is 1.15. The number of piperidine rings is 1. The fraction of sp³-hybridized carbons (Fsp3) is 0.800. The van der Waals surface area contributed by atoms with E-state index in [1.807, 2.05) is 0 Å². The minimum atomic E-state index is 0.703. The van der Waals surface area contributed by atoms with E-state index in [2.05, 4.69) is 22.5 Å². The second-order valence-electron chi connectivity index (χ2n) is 5.42. The van der Waals surface area contributed by atoms with Gasteiger partial charge in [-0.25, -0.2) is 4.98 Å². The largest absolute Gasteiger partial charge is 0.383 e. The number of aromatic nitrogens is 1. The third-order valence-corrected chi connectivity index (χ3v) is 4.75. The van der Waals surface area contributed by atoms with Crippen LogP contribution in [0.3, 0.4) is 0 Å². The highest BCUT2D eigenvalue weighted by Crippen LogP contribution is 2.29. The number of nitrogens with one attached hydrogen (secondary N) is 1. The van der Waals surface area contributed by atoms with E-state index in [0.29, 0.717) is 6.04 Å². The minimum absolute atomic E-state index is 0.703. The predicted molar refractivity (Wildman–Crippen MR) is 85.6 cm³/mol. The molecular weight excluding hydrogens is 270 g/mol. The number of rotatable bonds is 8. The molecule has 1 aliphatic rings. The topological polar surface area (TPSA) is 37.4 Å². The summed E-state index contributed by atoms with van der Waals surface area (Å²) in [6.45, 7) is 5.92. The van der Waals surface area contributed by atoms with Crippen molar-refractivity contribution in [2.45, 2.75) is 51.6 Å². The summed E-state index contributed by atoms with van der Waals surface area (Å²) in [5, 5.41) is 6.76. The summed E-state index contributed by atoms with van der Waals surface area (Å²) in [6.07, 6.45) is 6.56. The van der Waals surface area contributed by atoms with Gasteiger partial charge in [0.25, 0.3) is 0 Å². The Kier molecular flexibility index (Phi) is 6.76. The van der Waals surface area contributed by atoms with Crippen LogP contribution in [0, 0.1) is 0 Å². The maximum atomic E-state index is 5.03. The Morgan fingerprint density at radius 2 is 2.40 bits per heavy atom. The molecular formula is C15H27N3OS. The zero-order chi connectivity index (χ0) is 14.2. The van der Waals surface area contributed by atoms with Crippen molar-refractivity contribution < 1.29 is 4.74 Å². The van der Waals surface area contributed by atoms with Crippen molar-refractivity contribution in [1.29, 1.82) is 0 Å². The molecule has 1 aliphatic heterocycles. The van der Waals surface area contributed by atoms with Crippen LogP contribution in [-0.4, -0.2) is 37.8 Å². The van der Waals surface area contributed by atoms with Gasteiger partial charge in [-0.15, -0.1) is 11.3 Å². The molecule has 0 aromatic carbocycles. The van der Waals surface area contributed by atoms with E-state index in [9.17, 15) is 0 Å². The van der Waals surface area contributed by atoms with Gasteiger partial charge in [0.15, 0.2) is 5.13 Å². The number of hydrogen-bond acceptors (Lipinski definition) is 5. The molecule has 4 nitrogen and oxygen atoms in total. The van der Waals surface area contributed by atoms with Gasteiger partial charge in [-0.05, 0) is 25.7 Å². The first-order valence-electron chi connectivity index (χ1n) is 7.75. The minimum Gasteiger partial charge on any atom is -0.383 e. The molecule has 0 radical (unpaired) electrons. The summed E-state index contributed by atoms with van der Waals surface area (Å²) in [5.74, 6) is 0. The standard InChI is InChI=1S/C15H27N3OS/c1-3-6-14-7-4-5-9-18(14)15-17-13(12-20-15)11-16-8-10-19-2/h12,14,16H,3-11H2,1-2H3. The Morgan fingerprint density at radius 1 is 1.50 bits per heavy atom. The Morgan fingerprint density at radius 3 is 3.20 bits per heavy atom. The smallest absolute Gasteiger partial charge is 0.185 e. The average molecular weight is 297 g/mol. The molecule has 20 heavy (non-hydrogen) atoms. The zero-order valence-corrected chi connectivity index (χ0v) is 13.5. The van der Waals surface area contributed by atoms with Crippen LogP contribution in [0.5, 0.6) is 0 Å². The Bertz CT molecular complexity index is 381. The van der Waals surface area contributed by atoms with Crippen molar-refractivity contribution in [3.8, 4) is 0 Å². The molecule has 0 saturated carbocycles. The summed E-state index contributed by atoms with van der Waals surface area (Å²) in [7, 11) is 1.73. The fourth-order valence-corrected chi connectivity index (χ4v) is 3.71. The van der Waals surface area contributed by atoms with E-state index in [1.54, 1.807) is 18.4 Å². The van der Waals surface area contributed by atoms with Crippen LogP contribution < -0.4 is 10.2 Å². The number of nitrogens with zero attached hydrogens (tertiary/aromatic N) is 2. The van der Waals surface area contributed by atoms with Crippen molar-refractivity contribution in [1.82, 2.24) is 10.3 Å². The number of ether oxygens (including phenoxy) is 1. The van der Waals surface area contributed by atoms with E-state index < -0.39 is 0 Å². The third-order valence-electron chi connectivity index (χ3n) is 3.82. The summed E-state index contributed by atoms with van der Waals surface area (Å²) in [6, 6.07) is 0.703. The van der Waals surface area contributed by atoms with Gasteiger partial charge in [0, 0.05) is 38.2 Å². The monoisotopic (exact) mass is 297 g/mol. The fourth-order valence-electron chi connectivity index (χ4n) is 2.79. The lowest BCUT2D eigenvalue weighted by atomic mass is 9.99. The summed E-state index contributed by atoms with van der Waals surface area (Å²) in [4.78, 5) is 7.34. The van der Waals surface area contributed by atoms with Gasteiger partial charge in [0.1, 0.15) is 0 Å². The molecule has 114 valence electrons. The zero-order valence-electron chi connectivity index (χ0n) is 12.7. The average Bonchev–Trinajstić information content (AvgIpc) is 2.93. The molecule has 1 saturated heterocycles. The molecule has 0 amide bonds. The Balaban J connectivity index is 1.89. The van der Waals surface area contributed by atoms with Crippen LogP contribution in [0.4, 0.5) is 5.13 Å². The summed E-state index contributed by atoms with van der Waals surface area (Å²) < 4.78 is 5.03. The lowest BCUT2D eigenvalue weighted by molar-refractivity contribution is 0.199. The Hall–Kier alpha value is -0.650. The number of hydrogen-bond donors (Lipinski definition) is 1. The van der Waals surface area contributed by atoms with E-state index in [1.165, 1.54) is 43.8 Å². The van der Waals surface area contributed by atoms with Crippen molar-refractivity contribution in [2.24, 2.45) is 0 Å². The molecule has 0 bridgehead atoms. The van der Waals surface area contributed by atoms with E-state index in [0.717, 1.165) is 25.4 Å². The molecule has 1 aromatic heterocycles. The third kappa shape index (κ3) is 4.43. The van der Waals surface area contributed by atoms with Gasteiger partial charge in [-0.1, -0.05) is 13.3 Å². The van der Waals surface area contributed by atoms with Crippen LogP contribution in [0.2, 0.25) is 0 Å². The first-order valence-corrected chi connectivity index (χ1v) is 8.63. The Labute approximate surface area is 126 Å². The van der Waals surface area contributed by atoms with Gasteiger partial charge in [-0.3, -0.25) is 0 Å². The van der Waals surface area contributed by atoms with Crippen LogP contribution in [0.15, 0.2) is 5.38 Å². The van der Waals surface area contributed by atoms with Gasteiger partial charge >= 0.3 is 0 Å². The van der Waals surface area contributed by atoms with Crippen molar-refractivity contribution in [3.05, 3.63) is 11.1 Å². The summed E-state index contributed by atoms with van der Waals surface area (Å²) >= 11 is 1.79. The quantitative estimate of drug-likeness (QED) is 0.748. The predicted octanol–water partition coefficient (Wildman–Crippen LogP) is 3.04.